The van der Waals surface area contributed by atoms with Crippen LogP contribution in [0.1, 0.15) is 37.5 Å². The Morgan fingerprint density at radius 3 is 2.41 bits per heavy atom. The molecule has 2 rings (SSSR count). The molecular weight excluding hydrogens is 208 g/mol. The number of hydrogen-bond acceptors (Lipinski definition) is 1. The summed E-state index contributed by atoms with van der Waals surface area (Å²) in [7, 11) is 1.73. The van der Waals surface area contributed by atoms with Crippen LogP contribution in [0, 0.1) is 12.8 Å². The van der Waals surface area contributed by atoms with Gasteiger partial charge in [-0.3, -0.25) is 0 Å². The average Bonchev–Trinajstić information content (AvgIpc) is 2.53. The molecule has 0 spiro atoms. The maximum absolute atomic E-state index is 5.39. The number of benzene rings is 1. The van der Waals surface area contributed by atoms with Crippen LogP contribution in [0.25, 0.3) is 11.1 Å². The Hall–Kier alpha value is -1.50. The van der Waals surface area contributed by atoms with Crippen LogP contribution in [0.2, 0.25) is 0 Å². The third-order valence-corrected chi connectivity index (χ3v) is 3.16. The van der Waals surface area contributed by atoms with Gasteiger partial charge in [-0.05, 0) is 59.7 Å². The lowest BCUT2D eigenvalue weighted by molar-refractivity contribution is 0.411. The van der Waals surface area contributed by atoms with Crippen molar-refractivity contribution in [3.05, 3.63) is 41.0 Å². The minimum Gasteiger partial charge on any atom is -0.496 e. The van der Waals surface area contributed by atoms with Gasteiger partial charge in [0.1, 0.15) is 5.75 Å². The summed E-state index contributed by atoms with van der Waals surface area (Å²) in [6, 6.07) is 4.38. The summed E-state index contributed by atoms with van der Waals surface area (Å²) in [5.41, 5.74) is 6.52. The molecule has 0 saturated carbocycles. The minimum atomic E-state index is 0.572. The maximum Gasteiger partial charge on any atom is 0.122 e. The van der Waals surface area contributed by atoms with Crippen LogP contribution in [0.4, 0.5) is 0 Å². The van der Waals surface area contributed by atoms with Gasteiger partial charge < -0.3 is 4.74 Å². The van der Waals surface area contributed by atoms with Crippen LogP contribution in [0.15, 0.2) is 24.3 Å². The molecule has 0 unspecified atom stereocenters. The van der Waals surface area contributed by atoms with Crippen LogP contribution in [-0.4, -0.2) is 7.11 Å². The van der Waals surface area contributed by atoms with Crippen LogP contribution in [0.3, 0.4) is 0 Å². The molecule has 0 fully saturated rings. The highest BCUT2D eigenvalue weighted by atomic mass is 16.5. The molecule has 1 nitrogen and oxygen atoms in total. The van der Waals surface area contributed by atoms with Crippen molar-refractivity contribution in [3.8, 4) is 5.75 Å². The zero-order valence-corrected chi connectivity index (χ0v) is 11.3. The van der Waals surface area contributed by atoms with E-state index in [9.17, 15) is 0 Å². The number of rotatable bonds is 2. The van der Waals surface area contributed by atoms with Gasteiger partial charge in [-0.25, -0.2) is 0 Å². The van der Waals surface area contributed by atoms with Crippen molar-refractivity contribution in [3.63, 3.8) is 0 Å². The average molecular weight is 228 g/mol. The van der Waals surface area contributed by atoms with E-state index in [2.05, 4.69) is 52.0 Å². The quantitative estimate of drug-likeness (QED) is 0.726. The summed E-state index contributed by atoms with van der Waals surface area (Å²) in [6.45, 7) is 8.68. The van der Waals surface area contributed by atoms with Crippen molar-refractivity contribution in [2.75, 3.05) is 7.11 Å². The second-order valence-electron chi connectivity index (χ2n) is 5.06. The van der Waals surface area contributed by atoms with Crippen molar-refractivity contribution >= 4 is 11.1 Å². The molecule has 1 heteroatoms. The molecule has 0 aromatic heterocycles. The van der Waals surface area contributed by atoms with Crippen molar-refractivity contribution in [2.45, 2.75) is 27.7 Å². The molecule has 0 amide bonds. The van der Waals surface area contributed by atoms with Crippen LogP contribution in [0.5, 0.6) is 5.75 Å². The highest BCUT2D eigenvalue weighted by molar-refractivity contribution is 5.95. The fourth-order valence-corrected chi connectivity index (χ4v) is 2.36. The molecule has 90 valence electrons. The molecule has 0 atom stereocenters. The van der Waals surface area contributed by atoms with E-state index in [1.165, 1.54) is 27.8 Å². The highest BCUT2D eigenvalue weighted by Gasteiger charge is 2.17. The SMILES string of the molecule is COc1cc2c(cc1C)C(=CC(C)C)C=C2C. The first-order valence-corrected chi connectivity index (χ1v) is 6.12. The van der Waals surface area contributed by atoms with Crippen LogP contribution >= 0.6 is 0 Å². The first-order chi connectivity index (χ1) is 8.02. The molecule has 0 N–H and O–H groups in total. The molecule has 1 aliphatic carbocycles. The third-order valence-electron chi connectivity index (χ3n) is 3.16. The lowest BCUT2D eigenvalue weighted by Gasteiger charge is -2.10. The van der Waals surface area contributed by atoms with Gasteiger partial charge in [-0.15, -0.1) is 0 Å². The van der Waals surface area contributed by atoms with E-state index in [4.69, 9.17) is 4.74 Å². The van der Waals surface area contributed by atoms with Crippen molar-refractivity contribution < 1.29 is 4.74 Å². The van der Waals surface area contributed by atoms with E-state index in [-0.39, 0.29) is 0 Å². The molecule has 0 heterocycles. The van der Waals surface area contributed by atoms with Gasteiger partial charge in [-0.1, -0.05) is 26.0 Å². The Morgan fingerprint density at radius 1 is 1.12 bits per heavy atom. The van der Waals surface area contributed by atoms with Gasteiger partial charge in [0.25, 0.3) is 0 Å². The van der Waals surface area contributed by atoms with Crippen molar-refractivity contribution in [1.29, 1.82) is 0 Å². The standard InChI is InChI=1S/C16H20O/c1-10(2)6-13-7-11(3)14-9-16(17-5)12(4)8-15(13)14/h6-10H,1-5H3. The molecule has 0 bridgehead atoms. The van der Waals surface area contributed by atoms with E-state index < -0.39 is 0 Å². The minimum absolute atomic E-state index is 0.572. The topological polar surface area (TPSA) is 9.23 Å². The van der Waals surface area contributed by atoms with E-state index in [0.29, 0.717) is 5.92 Å². The molecule has 0 aliphatic heterocycles. The predicted molar refractivity (Wildman–Crippen MR) is 74.2 cm³/mol. The summed E-state index contributed by atoms with van der Waals surface area (Å²) >= 11 is 0. The van der Waals surface area contributed by atoms with Gasteiger partial charge in [0.2, 0.25) is 0 Å². The number of methoxy groups -OCH3 is 1. The van der Waals surface area contributed by atoms with E-state index in [0.717, 1.165) is 5.75 Å². The maximum atomic E-state index is 5.39. The van der Waals surface area contributed by atoms with Gasteiger partial charge in [0.15, 0.2) is 0 Å². The Kier molecular flexibility index (Phi) is 3.10. The second kappa shape index (κ2) is 4.40. The Bertz CT molecular complexity index is 505. The molecule has 0 saturated heterocycles. The first kappa shape index (κ1) is 12.0. The van der Waals surface area contributed by atoms with E-state index in [1.807, 2.05) is 0 Å². The number of aryl methyl sites for hydroxylation is 1. The van der Waals surface area contributed by atoms with Gasteiger partial charge in [-0.2, -0.15) is 0 Å². The summed E-state index contributed by atoms with van der Waals surface area (Å²) in [5, 5.41) is 0. The van der Waals surface area contributed by atoms with Crippen molar-refractivity contribution in [1.82, 2.24) is 0 Å². The number of fused-ring (bicyclic) bond motifs is 1. The van der Waals surface area contributed by atoms with Crippen LogP contribution in [-0.2, 0) is 0 Å². The molecule has 0 radical (unpaired) electrons. The van der Waals surface area contributed by atoms with Gasteiger partial charge in [0, 0.05) is 0 Å². The molecule has 1 aliphatic rings. The largest absolute Gasteiger partial charge is 0.496 e. The summed E-state index contributed by atoms with van der Waals surface area (Å²) < 4.78 is 5.39. The Balaban J connectivity index is 2.57. The summed E-state index contributed by atoms with van der Waals surface area (Å²) in [5.74, 6) is 1.55. The van der Waals surface area contributed by atoms with E-state index in [1.54, 1.807) is 7.11 Å². The summed E-state index contributed by atoms with van der Waals surface area (Å²) in [6.07, 6.45) is 4.59. The molecule has 1 aromatic carbocycles. The third kappa shape index (κ3) is 2.14. The fourth-order valence-electron chi connectivity index (χ4n) is 2.36. The Morgan fingerprint density at radius 2 is 1.82 bits per heavy atom. The zero-order chi connectivity index (χ0) is 12.6. The first-order valence-electron chi connectivity index (χ1n) is 6.12. The highest BCUT2D eigenvalue weighted by Crippen LogP contribution is 2.39. The number of allylic oxidation sites excluding steroid dienone is 4. The normalized spacial score (nSPS) is 16.4. The smallest absolute Gasteiger partial charge is 0.122 e. The zero-order valence-electron chi connectivity index (χ0n) is 11.3. The van der Waals surface area contributed by atoms with Crippen LogP contribution < -0.4 is 4.74 Å². The monoisotopic (exact) mass is 228 g/mol. The number of hydrogen-bond donors (Lipinski definition) is 0. The molecule has 17 heavy (non-hydrogen) atoms. The van der Waals surface area contributed by atoms with E-state index >= 15 is 0 Å². The lowest BCUT2D eigenvalue weighted by Crippen LogP contribution is -1.92. The van der Waals surface area contributed by atoms with Gasteiger partial charge >= 0.3 is 0 Å². The fraction of sp³-hybridized carbons (Fsp3) is 0.375. The molecular formula is C16H20O. The van der Waals surface area contributed by atoms with Crippen molar-refractivity contribution in [2.24, 2.45) is 5.92 Å². The number of ether oxygens (including phenoxy) is 1. The molecule has 1 aromatic rings. The Labute approximate surface area is 104 Å². The second-order valence-corrected chi connectivity index (χ2v) is 5.06. The lowest BCUT2D eigenvalue weighted by atomic mass is 9.99. The van der Waals surface area contributed by atoms with Gasteiger partial charge in [0.05, 0.1) is 7.11 Å². The predicted octanol–water partition coefficient (Wildman–Crippen LogP) is 4.46. The summed E-state index contributed by atoms with van der Waals surface area (Å²) in [4.78, 5) is 0.